The molecule has 0 aromatic heterocycles. The molecule has 2 atom stereocenters. The Balaban J connectivity index is 2.16. The van der Waals surface area contributed by atoms with Crippen molar-refractivity contribution in [1.29, 1.82) is 0 Å². The summed E-state index contributed by atoms with van der Waals surface area (Å²) in [6.07, 6.45) is 2.55. The van der Waals surface area contributed by atoms with E-state index in [1.54, 1.807) is 13.8 Å². The molecule has 1 saturated heterocycles. The number of fused-ring (bicyclic) bond motifs is 1. The third-order valence-corrected chi connectivity index (χ3v) is 3.02. The van der Waals surface area contributed by atoms with E-state index in [9.17, 15) is 4.79 Å². The van der Waals surface area contributed by atoms with Crippen LogP contribution in [0.25, 0.3) is 0 Å². The van der Waals surface area contributed by atoms with Gasteiger partial charge in [-0.25, -0.2) is 0 Å². The number of hydrogen-bond acceptors (Lipinski definition) is 3. The Labute approximate surface area is 91.2 Å². The summed E-state index contributed by atoms with van der Waals surface area (Å²) in [7, 11) is 0. The van der Waals surface area contributed by atoms with Crippen LogP contribution in [0.5, 0.6) is 0 Å². The summed E-state index contributed by atoms with van der Waals surface area (Å²) in [5.41, 5.74) is -0.729. The highest BCUT2D eigenvalue weighted by Crippen LogP contribution is 2.27. The Bertz CT molecular complexity index is 301. The predicted molar refractivity (Wildman–Crippen MR) is 55.6 cm³/mol. The maximum absolute atomic E-state index is 11.5. The number of hydrogen-bond donors (Lipinski definition) is 2. The molecule has 4 nitrogen and oxygen atoms in total. The molecule has 2 unspecified atom stereocenters. The molecule has 0 aliphatic carbocycles. The molecule has 1 fully saturated rings. The van der Waals surface area contributed by atoms with Gasteiger partial charge in [0.1, 0.15) is 17.9 Å². The lowest BCUT2D eigenvalue weighted by atomic mass is 10.0. The van der Waals surface area contributed by atoms with Crippen LogP contribution < -0.4 is 10.6 Å². The molecule has 0 saturated carbocycles. The normalized spacial score (nSPS) is 35.1. The molecular formula is C9H13BrN2O2. The first-order valence-electron chi connectivity index (χ1n) is 4.58. The molecule has 1 amide bonds. The minimum atomic E-state index is -0.729. The fourth-order valence-corrected chi connectivity index (χ4v) is 2.10. The van der Waals surface area contributed by atoms with Gasteiger partial charge < -0.3 is 15.4 Å². The van der Waals surface area contributed by atoms with Gasteiger partial charge in [0.05, 0.1) is 0 Å². The fourth-order valence-electron chi connectivity index (χ4n) is 1.65. The van der Waals surface area contributed by atoms with Gasteiger partial charge in [0, 0.05) is 17.1 Å². The van der Waals surface area contributed by atoms with Crippen molar-refractivity contribution in [2.45, 2.75) is 38.1 Å². The third-order valence-electron chi connectivity index (χ3n) is 2.47. The summed E-state index contributed by atoms with van der Waals surface area (Å²) < 4.78 is 6.78. The van der Waals surface area contributed by atoms with Gasteiger partial charge in [-0.3, -0.25) is 4.79 Å². The maximum Gasteiger partial charge on any atom is 0.253 e. The molecule has 0 spiro atoms. The molecule has 0 bridgehead atoms. The van der Waals surface area contributed by atoms with Gasteiger partial charge in [-0.1, -0.05) is 15.9 Å². The number of amides is 1. The molecule has 78 valence electrons. The van der Waals surface area contributed by atoms with Gasteiger partial charge in [0.15, 0.2) is 0 Å². The van der Waals surface area contributed by atoms with Crippen molar-refractivity contribution in [2.24, 2.45) is 0 Å². The quantitative estimate of drug-likeness (QED) is 0.679. The lowest BCUT2D eigenvalue weighted by molar-refractivity contribution is -0.168. The summed E-state index contributed by atoms with van der Waals surface area (Å²) in [4.78, 5) is 11.5. The average molecular weight is 261 g/mol. The first kappa shape index (κ1) is 9.98. The SMILES string of the molecule is CC1(C)OC2CC(Br)=CNC2NC1=O. The molecule has 2 N–H and O–H groups in total. The minimum absolute atomic E-state index is 0.00192. The zero-order valence-corrected chi connectivity index (χ0v) is 9.72. The molecule has 2 rings (SSSR count). The van der Waals surface area contributed by atoms with Gasteiger partial charge in [-0.05, 0) is 13.8 Å². The van der Waals surface area contributed by atoms with Crippen LogP contribution in [0.3, 0.4) is 0 Å². The van der Waals surface area contributed by atoms with Crippen LogP contribution in [0.15, 0.2) is 10.7 Å². The molecule has 0 aromatic carbocycles. The van der Waals surface area contributed by atoms with Crippen LogP contribution in [0, 0.1) is 0 Å². The van der Waals surface area contributed by atoms with Crippen molar-refractivity contribution in [1.82, 2.24) is 10.6 Å². The molecule has 2 heterocycles. The van der Waals surface area contributed by atoms with E-state index in [0.29, 0.717) is 0 Å². The fraction of sp³-hybridized carbons (Fsp3) is 0.667. The second-order valence-electron chi connectivity index (χ2n) is 4.08. The van der Waals surface area contributed by atoms with E-state index in [2.05, 4.69) is 26.6 Å². The first-order chi connectivity index (χ1) is 6.49. The van der Waals surface area contributed by atoms with Crippen LogP contribution in [-0.2, 0) is 9.53 Å². The summed E-state index contributed by atoms with van der Waals surface area (Å²) >= 11 is 3.41. The van der Waals surface area contributed by atoms with Crippen LogP contribution in [0.1, 0.15) is 20.3 Å². The topological polar surface area (TPSA) is 50.4 Å². The molecule has 5 heteroatoms. The molecule has 14 heavy (non-hydrogen) atoms. The summed E-state index contributed by atoms with van der Waals surface area (Å²) in [5.74, 6) is -0.0716. The summed E-state index contributed by atoms with van der Waals surface area (Å²) in [5, 5.41) is 5.96. The van der Waals surface area contributed by atoms with E-state index < -0.39 is 5.60 Å². The molecule has 2 aliphatic rings. The Kier molecular flexibility index (Phi) is 2.31. The summed E-state index contributed by atoms with van der Waals surface area (Å²) in [6.45, 7) is 3.57. The minimum Gasteiger partial charge on any atom is -0.368 e. The van der Waals surface area contributed by atoms with E-state index in [1.165, 1.54) is 0 Å². The number of morpholine rings is 1. The molecule has 2 aliphatic heterocycles. The van der Waals surface area contributed by atoms with Crippen molar-refractivity contribution >= 4 is 21.8 Å². The average Bonchev–Trinajstić information content (AvgIpc) is 2.07. The predicted octanol–water partition coefficient (Wildman–Crippen LogP) is 0.836. The Morgan fingerprint density at radius 2 is 2.36 bits per heavy atom. The van der Waals surface area contributed by atoms with Crippen LogP contribution in [-0.4, -0.2) is 23.8 Å². The van der Waals surface area contributed by atoms with Crippen molar-refractivity contribution in [3.63, 3.8) is 0 Å². The summed E-state index contributed by atoms with van der Waals surface area (Å²) in [6, 6.07) is 0. The van der Waals surface area contributed by atoms with E-state index in [0.717, 1.165) is 10.9 Å². The highest BCUT2D eigenvalue weighted by Gasteiger charge is 2.42. The number of rotatable bonds is 0. The lowest BCUT2D eigenvalue weighted by Gasteiger charge is -2.42. The van der Waals surface area contributed by atoms with E-state index in [-0.39, 0.29) is 18.2 Å². The Morgan fingerprint density at radius 1 is 1.64 bits per heavy atom. The lowest BCUT2D eigenvalue weighted by Crippen LogP contribution is -2.65. The number of carbonyl (C=O) groups is 1. The van der Waals surface area contributed by atoms with Gasteiger partial charge in [0.2, 0.25) is 0 Å². The third kappa shape index (κ3) is 1.66. The second-order valence-corrected chi connectivity index (χ2v) is 5.10. The van der Waals surface area contributed by atoms with E-state index in [4.69, 9.17) is 4.74 Å². The zero-order chi connectivity index (χ0) is 10.3. The van der Waals surface area contributed by atoms with E-state index >= 15 is 0 Å². The number of halogens is 1. The first-order valence-corrected chi connectivity index (χ1v) is 5.38. The van der Waals surface area contributed by atoms with Gasteiger partial charge in [0.25, 0.3) is 5.91 Å². The molecular weight excluding hydrogens is 248 g/mol. The maximum atomic E-state index is 11.5. The molecule has 0 radical (unpaired) electrons. The van der Waals surface area contributed by atoms with Crippen molar-refractivity contribution in [3.8, 4) is 0 Å². The van der Waals surface area contributed by atoms with Crippen molar-refractivity contribution < 1.29 is 9.53 Å². The van der Waals surface area contributed by atoms with E-state index in [1.807, 2.05) is 6.20 Å². The number of nitrogens with one attached hydrogen (secondary N) is 2. The highest BCUT2D eigenvalue weighted by atomic mass is 79.9. The monoisotopic (exact) mass is 260 g/mol. The second kappa shape index (κ2) is 3.24. The van der Waals surface area contributed by atoms with Crippen molar-refractivity contribution in [2.75, 3.05) is 0 Å². The van der Waals surface area contributed by atoms with Crippen LogP contribution in [0.2, 0.25) is 0 Å². The van der Waals surface area contributed by atoms with Gasteiger partial charge in [-0.15, -0.1) is 0 Å². The number of ether oxygens (including phenoxy) is 1. The van der Waals surface area contributed by atoms with Crippen molar-refractivity contribution in [3.05, 3.63) is 10.7 Å². The number of carbonyl (C=O) groups excluding carboxylic acids is 1. The van der Waals surface area contributed by atoms with Crippen LogP contribution >= 0.6 is 15.9 Å². The molecule has 0 aromatic rings. The standard InChI is InChI=1S/C9H13BrN2O2/c1-9(2)8(13)12-7-6(14-9)3-5(10)4-11-7/h4,6-7,11H,3H2,1-2H3,(H,12,13). The van der Waals surface area contributed by atoms with Gasteiger partial charge in [-0.2, -0.15) is 0 Å². The Hall–Kier alpha value is -0.550. The Morgan fingerprint density at radius 3 is 3.07 bits per heavy atom. The smallest absolute Gasteiger partial charge is 0.253 e. The largest absolute Gasteiger partial charge is 0.368 e. The van der Waals surface area contributed by atoms with Gasteiger partial charge >= 0.3 is 0 Å². The zero-order valence-electron chi connectivity index (χ0n) is 8.13. The van der Waals surface area contributed by atoms with Crippen LogP contribution in [0.4, 0.5) is 0 Å². The highest BCUT2D eigenvalue weighted by molar-refractivity contribution is 9.11.